The normalized spacial score (nSPS) is 11.0. The largest absolute Gasteiger partial charge is 0.113 e. The minimum absolute atomic E-state index is 0.806. The van der Waals surface area contributed by atoms with Crippen LogP contribution in [0.3, 0.4) is 0 Å². The third-order valence-electron chi connectivity index (χ3n) is 3.95. The summed E-state index contributed by atoms with van der Waals surface area (Å²) in [6.07, 6.45) is 0. The first kappa shape index (κ1) is 12.2. The molecule has 2 radical (unpaired) electrons. The van der Waals surface area contributed by atoms with E-state index in [-0.39, 0.29) is 0 Å². The molecule has 0 atom stereocenters. The summed E-state index contributed by atoms with van der Waals surface area (Å²) in [5.41, 5.74) is 3.28. The molecule has 0 nitrogen and oxygen atoms in total. The quantitative estimate of drug-likeness (QED) is 0.445. The van der Waals surface area contributed by atoms with E-state index in [9.17, 15) is 0 Å². The van der Waals surface area contributed by atoms with Gasteiger partial charge >= 0.3 is 0 Å². The highest BCUT2D eigenvalue weighted by atomic mass is 14.1. The van der Waals surface area contributed by atoms with Crippen molar-refractivity contribution in [2.45, 2.75) is 0 Å². The van der Waals surface area contributed by atoms with Crippen LogP contribution in [0.5, 0.6) is 0 Å². The molecule has 0 aliphatic heterocycles. The van der Waals surface area contributed by atoms with Crippen LogP contribution in [0.4, 0.5) is 0 Å². The fraction of sp³-hybridized carbons (Fsp3) is 0. The Labute approximate surface area is 125 Å². The van der Waals surface area contributed by atoms with Crippen molar-refractivity contribution in [3.63, 3.8) is 0 Å². The SMILES string of the molecule is [B]c1ccc2cc(-c3ccc4ccccc4c3)ccc2c1. The standard InChI is InChI=1S/C20H13B/c21-20-10-9-18-12-17(7-8-19(18)13-20)16-6-5-14-3-1-2-4-15(14)11-16/h1-13H. The zero-order chi connectivity index (χ0) is 14.2. The Bertz CT molecular complexity index is 954. The first-order valence-corrected chi connectivity index (χ1v) is 7.08. The van der Waals surface area contributed by atoms with Crippen LogP contribution in [0.2, 0.25) is 0 Å². The van der Waals surface area contributed by atoms with Gasteiger partial charge in [0.1, 0.15) is 7.85 Å². The van der Waals surface area contributed by atoms with Gasteiger partial charge in [-0.1, -0.05) is 72.2 Å². The van der Waals surface area contributed by atoms with Crippen LogP contribution in [-0.2, 0) is 0 Å². The molecular formula is C20H13B. The number of hydrogen-bond donors (Lipinski definition) is 0. The molecule has 0 aliphatic rings. The van der Waals surface area contributed by atoms with Crippen molar-refractivity contribution >= 4 is 34.9 Å². The average Bonchev–Trinajstić information content (AvgIpc) is 2.54. The number of fused-ring (bicyclic) bond motifs is 2. The minimum Gasteiger partial charge on any atom is -0.0960 e. The van der Waals surface area contributed by atoms with Crippen molar-refractivity contribution in [2.75, 3.05) is 0 Å². The van der Waals surface area contributed by atoms with Gasteiger partial charge in [-0.15, -0.1) is 0 Å². The Kier molecular flexibility index (Phi) is 2.78. The fourth-order valence-corrected chi connectivity index (χ4v) is 2.81. The molecule has 21 heavy (non-hydrogen) atoms. The molecule has 1 heteroatoms. The fourth-order valence-electron chi connectivity index (χ4n) is 2.81. The van der Waals surface area contributed by atoms with E-state index in [1.165, 1.54) is 32.7 Å². The smallest absolute Gasteiger partial charge is 0.0960 e. The van der Waals surface area contributed by atoms with Gasteiger partial charge in [-0.25, -0.2) is 0 Å². The molecule has 4 aromatic rings. The van der Waals surface area contributed by atoms with E-state index >= 15 is 0 Å². The number of benzene rings is 4. The second kappa shape index (κ2) is 4.78. The van der Waals surface area contributed by atoms with Crippen molar-refractivity contribution in [2.24, 2.45) is 0 Å². The Balaban J connectivity index is 1.89. The highest BCUT2D eigenvalue weighted by molar-refractivity contribution is 6.33. The zero-order valence-electron chi connectivity index (χ0n) is 11.6. The third kappa shape index (κ3) is 2.21. The summed E-state index contributed by atoms with van der Waals surface area (Å²) in [6.45, 7) is 0. The topological polar surface area (TPSA) is 0 Å². The van der Waals surface area contributed by atoms with Crippen molar-refractivity contribution in [3.8, 4) is 11.1 Å². The molecule has 0 N–H and O–H groups in total. The Morgan fingerprint density at radius 1 is 0.476 bits per heavy atom. The van der Waals surface area contributed by atoms with Crippen molar-refractivity contribution < 1.29 is 0 Å². The van der Waals surface area contributed by atoms with Crippen molar-refractivity contribution in [3.05, 3.63) is 78.9 Å². The molecule has 0 saturated carbocycles. The Morgan fingerprint density at radius 3 is 1.76 bits per heavy atom. The van der Waals surface area contributed by atoms with Crippen molar-refractivity contribution in [1.29, 1.82) is 0 Å². The molecule has 0 amide bonds. The van der Waals surface area contributed by atoms with Crippen LogP contribution in [0.15, 0.2) is 78.9 Å². The van der Waals surface area contributed by atoms with Crippen LogP contribution in [0.1, 0.15) is 0 Å². The summed E-state index contributed by atoms with van der Waals surface area (Å²) in [6, 6.07) is 27.6. The summed E-state index contributed by atoms with van der Waals surface area (Å²) in [5.74, 6) is 0. The summed E-state index contributed by atoms with van der Waals surface area (Å²) in [4.78, 5) is 0. The van der Waals surface area contributed by atoms with Gasteiger partial charge in [-0.2, -0.15) is 0 Å². The summed E-state index contributed by atoms with van der Waals surface area (Å²) < 4.78 is 0. The molecule has 0 unspecified atom stereocenters. The lowest BCUT2D eigenvalue weighted by molar-refractivity contribution is 1.68. The summed E-state index contributed by atoms with van der Waals surface area (Å²) >= 11 is 0. The van der Waals surface area contributed by atoms with Gasteiger partial charge in [-0.05, 0) is 44.8 Å². The van der Waals surface area contributed by atoms with Crippen molar-refractivity contribution in [1.82, 2.24) is 0 Å². The Morgan fingerprint density at radius 2 is 1.00 bits per heavy atom. The Hall–Kier alpha value is -2.54. The lowest BCUT2D eigenvalue weighted by Gasteiger charge is -2.07. The van der Waals surface area contributed by atoms with Gasteiger partial charge in [0.25, 0.3) is 0 Å². The van der Waals surface area contributed by atoms with E-state index in [0.717, 1.165) is 5.46 Å². The molecule has 0 spiro atoms. The molecule has 4 aromatic carbocycles. The van der Waals surface area contributed by atoms with Gasteiger partial charge in [0.05, 0.1) is 0 Å². The second-order valence-corrected chi connectivity index (χ2v) is 5.38. The molecule has 4 rings (SSSR count). The third-order valence-corrected chi connectivity index (χ3v) is 3.95. The van der Waals surface area contributed by atoms with Gasteiger partial charge in [0, 0.05) is 0 Å². The first-order valence-electron chi connectivity index (χ1n) is 7.08. The van der Waals surface area contributed by atoms with Crippen LogP contribution >= 0.6 is 0 Å². The highest BCUT2D eigenvalue weighted by Gasteiger charge is 2.01. The van der Waals surface area contributed by atoms with Crippen LogP contribution in [0.25, 0.3) is 32.7 Å². The molecule has 0 bridgehead atoms. The molecular weight excluding hydrogens is 251 g/mol. The van der Waals surface area contributed by atoms with Crippen LogP contribution in [0, 0.1) is 0 Å². The zero-order valence-corrected chi connectivity index (χ0v) is 11.6. The lowest BCUT2D eigenvalue weighted by atomic mass is 9.92. The predicted molar refractivity (Wildman–Crippen MR) is 92.3 cm³/mol. The minimum atomic E-state index is 0.806. The first-order chi connectivity index (χ1) is 10.3. The number of rotatable bonds is 1. The van der Waals surface area contributed by atoms with E-state index < -0.39 is 0 Å². The maximum Gasteiger partial charge on any atom is 0.113 e. The van der Waals surface area contributed by atoms with Gasteiger partial charge in [0.15, 0.2) is 0 Å². The van der Waals surface area contributed by atoms with Crippen LogP contribution in [-0.4, -0.2) is 7.85 Å². The van der Waals surface area contributed by atoms with E-state index in [2.05, 4.69) is 66.7 Å². The second-order valence-electron chi connectivity index (χ2n) is 5.38. The maximum atomic E-state index is 5.84. The molecule has 0 aliphatic carbocycles. The van der Waals surface area contributed by atoms with Gasteiger partial charge in [0.2, 0.25) is 0 Å². The maximum absolute atomic E-state index is 5.84. The van der Waals surface area contributed by atoms with E-state index in [4.69, 9.17) is 7.85 Å². The molecule has 0 heterocycles. The van der Waals surface area contributed by atoms with E-state index in [0.29, 0.717) is 0 Å². The van der Waals surface area contributed by atoms with Gasteiger partial charge < -0.3 is 0 Å². The predicted octanol–water partition coefficient (Wildman–Crippen LogP) is 4.45. The highest BCUT2D eigenvalue weighted by Crippen LogP contribution is 2.27. The van der Waals surface area contributed by atoms with Gasteiger partial charge in [-0.3, -0.25) is 0 Å². The molecule has 0 saturated heterocycles. The molecule has 0 aromatic heterocycles. The lowest BCUT2D eigenvalue weighted by Crippen LogP contribution is -1.99. The number of hydrogen-bond acceptors (Lipinski definition) is 0. The van der Waals surface area contributed by atoms with E-state index in [1.807, 2.05) is 12.1 Å². The van der Waals surface area contributed by atoms with Crippen LogP contribution < -0.4 is 5.46 Å². The summed E-state index contributed by atoms with van der Waals surface area (Å²) in [7, 11) is 5.84. The molecule has 96 valence electrons. The molecule has 0 fully saturated rings. The average molecular weight is 264 g/mol. The van der Waals surface area contributed by atoms with E-state index in [1.54, 1.807) is 0 Å². The summed E-state index contributed by atoms with van der Waals surface area (Å²) in [5, 5.41) is 4.94. The monoisotopic (exact) mass is 264 g/mol.